The van der Waals surface area contributed by atoms with Crippen LogP contribution in [0.15, 0.2) is 30.3 Å². The van der Waals surface area contributed by atoms with E-state index < -0.39 is 5.97 Å². The summed E-state index contributed by atoms with van der Waals surface area (Å²) in [5, 5.41) is 0.360. The van der Waals surface area contributed by atoms with E-state index in [9.17, 15) is 9.18 Å². The van der Waals surface area contributed by atoms with E-state index in [0.29, 0.717) is 34.2 Å². The second-order valence-electron chi connectivity index (χ2n) is 5.50. The molecule has 130 valence electrons. The van der Waals surface area contributed by atoms with Crippen molar-refractivity contribution >= 4 is 28.6 Å². The van der Waals surface area contributed by atoms with Crippen LogP contribution in [-0.2, 0) is 11.3 Å². The zero-order chi connectivity index (χ0) is 18.1. The van der Waals surface area contributed by atoms with Crippen molar-refractivity contribution in [2.24, 2.45) is 0 Å². The SMILES string of the molecule is COC(=O)c1cc(Cl)c2c(nc(C)n2Cc2ccc(F)cc2)c1OC. The van der Waals surface area contributed by atoms with Crippen LogP contribution in [-0.4, -0.2) is 29.7 Å². The molecule has 0 bridgehead atoms. The molecule has 0 fully saturated rings. The van der Waals surface area contributed by atoms with Gasteiger partial charge in [-0.3, -0.25) is 0 Å². The van der Waals surface area contributed by atoms with Crippen LogP contribution in [0.2, 0.25) is 5.02 Å². The summed E-state index contributed by atoms with van der Waals surface area (Å²) in [7, 11) is 2.75. The Bertz CT molecular complexity index is 951. The smallest absolute Gasteiger partial charge is 0.341 e. The van der Waals surface area contributed by atoms with Gasteiger partial charge in [0.2, 0.25) is 0 Å². The molecule has 1 aromatic heterocycles. The zero-order valence-corrected chi connectivity index (χ0v) is 14.7. The molecule has 0 unspecified atom stereocenters. The first-order valence-electron chi connectivity index (χ1n) is 7.52. The number of imidazole rings is 1. The van der Waals surface area contributed by atoms with Gasteiger partial charge in [-0.1, -0.05) is 23.7 Å². The standard InChI is InChI=1S/C18H16ClFN2O3/c1-10-21-15-16(22(10)9-11-4-6-12(20)7-5-11)14(19)8-13(17(15)24-2)18(23)25-3/h4-8H,9H2,1-3H3. The van der Waals surface area contributed by atoms with Gasteiger partial charge in [0.25, 0.3) is 0 Å². The fourth-order valence-corrected chi connectivity index (χ4v) is 3.09. The lowest BCUT2D eigenvalue weighted by Crippen LogP contribution is -2.06. The third-order valence-electron chi connectivity index (χ3n) is 3.98. The molecule has 0 aliphatic rings. The average molecular weight is 363 g/mol. The first-order chi connectivity index (χ1) is 12.0. The van der Waals surface area contributed by atoms with Crippen molar-refractivity contribution in [2.75, 3.05) is 14.2 Å². The van der Waals surface area contributed by atoms with Gasteiger partial charge in [-0.25, -0.2) is 14.2 Å². The van der Waals surface area contributed by atoms with Crippen LogP contribution in [0.4, 0.5) is 4.39 Å². The summed E-state index contributed by atoms with van der Waals surface area (Å²) in [4.78, 5) is 16.5. The van der Waals surface area contributed by atoms with Gasteiger partial charge in [0.05, 0.1) is 24.8 Å². The maximum Gasteiger partial charge on any atom is 0.341 e. The Kier molecular flexibility index (Phi) is 4.63. The number of nitrogens with zero attached hydrogens (tertiary/aromatic N) is 2. The van der Waals surface area contributed by atoms with Gasteiger partial charge in [-0.2, -0.15) is 0 Å². The van der Waals surface area contributed by atoms with E-state index in [1.54, 1.807) is 12.1 Å². The number of halogens is 2. The molecule has 3 aromatic rings. The minimum absolute atomic E-state index is 0.217. The Morgan fingerprint density at radius 1 is 1.28 bits per heavy atom. The summed E-state index contributed by atoms with van der Waals surface area (Å²) in [5.41, 5.74) is 2.24. The van der Waals surface area contributed by atoms with Gasteiger partial charge in [-0.05, 0) is 30.7 Å². The van der Waals surface area contributed by atoms with Gasteiger partial charge in [-0.15, -0.1) is 0 Å². The monoisotopic (exact) mass is 362 g/mol. The van der Waals surface area contributed by atoms with Crippen LogP contribution in [0.25, 0.3) is 11.0 Å². The van der Waals surface area contributed by atoms with Gasteiger partial charge in [0.1, 0.15) is 22.7 Å². The number of aryl methyl sites for hydroxylation is 1. The van der Waals surface area contributed by atoms with Crippen molar-refractivity contribution in [3.63, 3.8) is 0 Å². The van der Waals surface area contributed by atoms with Crippen LogP contribution in [0.5, 0.6) is 5.75 Å². The fraction of sp³-hybridized carbons (Fsp3) is 0.222. The molecular formula is C18H16ClFN2O3. The molecule has 0 saturated heterocycles. The lowest BCUT2D eigenvalue weighted by Gasteiger charge is -2.11. The van der Waals surface area contributed by atoms with Crippen LogP contribution in [0.3, 0.4) is 0 Å². The second-order valence-corrected chi connectivity index (χ2v) is 5.91. The first kappa shape index (κ1) is 17.2. The average Bonchev–Trinajstić information content (AvgIpc) is 2.93. The summed E-state index contributed by atoms with van der Waals surface area (Å²) in [5.74, 6) is 0.165. The number of carbonyl (C=O) groups is 1. The highest BCUT2D eigenvalue weighted by atomic mass is 35.5. The van der Waals surface area contributed by atoms with E-state index in [2.05, 4.69) is 4.98 Å². The van der Waals surface area contributed by atoms with E-state index in [1.807, 2.05) is 11.5 Å². The quantitative estimate of drug-likeness (QED) is 0.659. The summed E-state index contributed by atoms with van der Waals surface area (Å²) in [6.45, 7) is 2.29. The number of hydrogen-bond donors (Lipinski definition) is 0. The molecule has 0 aliphatic heterocycles. The number of carbonyl (C=O) groups excluding carboxylic acids is 1. The lowest BCUT2D eigenvalue weighted by atomic mass is 10.1. The van der Waals surface area contributed by atoms with Crippen molar-refractivity contribution in [2.45, 2.75) is 13.5 Å². The molecule has 0 saturated carbocycles. The number of hydrogen-bond acceptors (Lipinski definition) is 4. The summed E-state index contributed by atoms with van der Waals surface area (Å²) in [6.07, 6.45) is 0. The normalized spacial score (nSPS) is 10.9. The van der Waals surface area contributed by atoms with Gasteiger partial charge in [0, 0.05) is 6.54 Å². The first-order valence-corrected chi connectivity index (χ1v) is 7.90. The van der Waals surface area contributed by atoms with E-state index >= 15 is 0 Å². The Morgan fingerprint density at radius 2 is 1.96 bits per heavy atom. The second kappa shape index (κ2) is 6.72. The summed E-state index contributed by atoms with van der Waals surface area (Å²) in [6, 6.07) is 7.72. The number of benzene rings is 2. The molecule has 0 N–H and O–H groups in total. The summed E-state index contributed by atoms with van der Waals surface area (Å²) < 4.78 is 25.2. The maximum atomic E-state index is 13.1. The molecular weight excluding hydrogens is 347 g/mol. The van der Waals surface area contributed by atoms with E-state index in [-0.39, 0.29) is 11.4 Å². The number of ether oxygens (including phenoxy) is 2. The largest absolute Gasteiger partial charge is 0.493 e. The van der Waals surface area contributed by atoms with Crippen LogP contribution in [0, 0.1) is 12.7 Å². The van der Waals surface area contributed by atoms with Gasteiger partial charge in [0.15, 0.2) is 5.75 Å². The Hall–Kier alpha value is -2.60. The van der Waals surface area contributed by atoms with Crippen molar-refractivity contribution in [1.82, 2.24) is 9.55 Å². The third kappa shape index (κ3) is 3.05. The van der Waals surface area contributed by atoms with Crippen LogP contribution in [0.1, 0.15) is 21.7 Å². The Labute approximate surface area is 148 Å². The van der Waals surface area contributed by atoms with Gasteiger partial charge >= 0.3 is 5.97 Å². The van der Waals surface area contributed by atoms with Crippen molar-refractivity contribution in [1.29, 1.82) is 0 Å². The van der Waals surface area contributed by atoms with E-state index in [4.69, 9.17) is 21.1 Å². The predicted octanol–water partition coefficient (Wildman–Crippen LogP) is 3.98. The van der Waals surface area contributed by atoms with Crippen molar-refractivity contribution in [3.05, 3.63) is 58.1 Å². The van der Waals surface area contributed by atoms with Crippen LogP contribution < -0.4 is 4.74 Å². The minimum Gasteiger partial charge on any atom is -0.493 e. The van der Waals surface area contributed by atoms with Crippen LogP contribution >= 0.6 is 11.6 Å². The zero-order valence-electron chi connectivity index (χ0n) is 14.0. The third-order valence-corrected chi connectivity index (χ3v) is 4.27. The molecule has 0 amide bonds. The maximum absolute atomic E-state index is 13.1. The molecule has 0 radical (unpaired) electrons. The van der Waals surface area contributed by atoms with E-state index in [0.717, 1.165) is 5.56 Å². The highest BCUT2D eigenvalue weighted by molar-refractivity contribution is 6.35. The Morgan fingerprint density at radius 3 is 2.56 bits per heavy atom. The number of aromatic nitrogens is 2. The molecule has 3 rings (SSSR count). The Balaban J connectivity index is 2.19. The van der Waals surface area contributed by atoms with Crippen molar-refractivity contribution < 1.29 is 18.7 Å². The van der Waals surface area contributed by atoms with Gasteiger partial charge < -0.3 is 14.0 Å². The number of esters is 1. The van der Waals surface area contributed by atoms with E-state index in [1.165, 1.54) is 32.4 Å². The highest BCUT2D eigenvalue weighted by Crippen LogP contribution is 2.36. The molecule has 25 heavy (non-hydrogen) atoms. The molecule has 0 aliphatic carbocycles. The summed E-state index contributed by atoms with van der Waals surface area (Å²) >= 11 is 6.42. The molecule has 2 aromatic carbocycles. The molecule has 1 heterocycles. The number of rotatable bonds is 4. The number of fused-ring (bicyclic) bond motifs is 1. The lowest BCUT2D eigenvalue weighted by molar-refractivity contribution is 0.0597. The van der Waals surface area contributed by atoms with Crippen molar-refractivity contribution in [3.8, 4) is 5.75 Å². The molecule has 7 heteroatoms. The molecule has 5 nitrogen and oxygen atoms in total. The minimum atomic E-state index is -0.550. The number of methoxy groups -OCH3 is 2. The molecule has 0 atom stereocenters. The predicted molar refractivity (Wildman–Crippen MR) is 92.9 cm³/mol. The topological polar surface area (TPSA) is 53.3 Å². The molecule has 0 spiro atoms. The highest BCUT2D eigenvalue weighted by Gasteiger charge is 2.23. The fourth-order valence-electron chi connectivity index (χ4n) is 2.79.